The number of hydrogen-bond donors (Lipinski definition) is 1. The number of para-hydroxylation sites is 1. The molecule has 130 valence electrons. The topological polar surface area (TPSA) is 72.7 Å². The standard InChI is InChI=1S/C17H25N5OS/c1-11(2)9-22-17(19-20-21-22)24-10-15(23)18-16-13(5)7-6-8-14(16)12(3)4/h6-8,11-12H,9-10H2,1-5H3,(H,18,23). The minimum absolute atomic E-state index is 0.0460. The highest BCUT2D eigenvalue weighted by Gasteiger charge is 2.14. The number of nitrogens with zero attached hydrogens (tertiary/aromatic N) is 4. The number of thioether (sulfide) groups is 1. The van der Waals surface area contributed by atoms with Gasteiger partial charge >= 0.3 is 0 Å². The number of hydrogen-bond acceptors (Lipinski definition) is 5. The number of aromatic nitrogens is 4. The van der Waals surface area contributed by atoms with Crippen LogP contribution in [0, 0.1) is 12.8 Å². The molecule has 2 aromatic rings. The molecule has 1 aromatic heterocycles. The fourth-order valence-electron chi connectivity index (χ4n) is 2.41. The van der Waals surface area contributed by atoms with Gasteiger partial charge in [0, 0.05) is 12.2 Å². The van der Waals surface area contributed by atoms with Crippen molar-refractivity contribution in [2.45, 2.75) is 52.2 Å². The van der Waals surface area contributed by atoms with E-state index in [2.05, 4.69) is 54.6 Å². The summed E-state index contributed by atoms with van der Waals surface area (Å²) in [7, 11) is 0. The van der Waals surface area contributed by atoms with Gasteiger partial charge < -0.3 is 5.32 Å². The van der Waals surface area contributed by atoms with Crippen LogP contribution in [-0.4, -0.2) is 31.9 Å². The van der Waals surface area contributed by atoms with Gasteiger partial charge in [-0.1, -0.05) is 57.7 Å². The Morgan fingerprint density at radius 3 is 2.71 bits per heavy atom. The van der Waals surface area contributed by atoms with E-state index in [0.717, 1.165) is 23.4 Å². The molecular formula is C17H25N5OS. The van der Waals surface area contributed by atoms with Crippen molar-refractivity contribution >= 4 is 23.4 Å². The van der Waals surface area contributed by atoms with Gasteiger partial charge in [0.1, 0.15) is 0 Å². The molecule has 1 N–H and O–H groups in total. The number of nitrogens with one attached hydrogen (secondary N) is 1. The normalized spacial score (nSPS) is 11.3. The highest BCUT2D eigenvalue weighted by atomic mass is 32.2. The number of aryl methyl sites for hydroxylation is 1. The summed E-state index contributed by atoms with van der Waals surface area (Å²) in [5.41, 5.74) is 3.14. The molecule has 2 rings (SSSR count). The van der Waals surface area contributed by atoms with Crippen LogP contribution in [0.2, 0.25) is 0 Å². The van der Waals surface area contributed by atoms with Crippen LogP contribution in [0.4, 0.5) is 5.69 Å². The second-order valence-electron chi connectivity index (χ2n) is 6.57. The van der Waals surface area contributed by atoms with Gasteiger partial charge in [0.2, 0.25) is 11.1 Å². The van der Waals surface area contributed by atoms with E-state index >= 15 is 0 Å². The molecule has 1 amide bonds. The average Bonchev–Trinajstić information content (AvgIpc) is 2.93. The third kappa shape index (κ3) is 4.80. The summed E-state index contributed by atoms with van der Waals surface area (Å²) >= 11 is 1.36. The number of carbonyl (C=O) groups excluding carboxylic acids is 1. The Morgan fingerprint density at radius 2 is 2.04 bits per heavy atom. The first kappa shape index (κ1) is 18.4. The zero-order valence-corrected chi connectivity index (χ0v) is 15.7. The summed E-state index contributed by atoms with van der Waals surface area (Å²) in [5.74, 6) is 1.04. The Bertz CT molecular complexity index is 696. The molecule has 24 heavy (non-hydrogen) atoms. The number of carbonyl (C=O) groups is 1. The molecule has 7 heteroatoms. The van der Waals surface area contributed by atoms with E-state index in [9.17, 15) is 4.79 Å². The Morgan fingerprint density at radius 1 is 1.29 bits per heavy atom. The number of tetrazole rings is 1. The fourth-order valence-corrected chi connectivity index (χ4v) is 3.09. The zero-order valence-electron chi connectivity index (χ0n) is 14.9. The number of anilines is 1. The van der Waals surface area contributed by atoms with Crippen LogP contribution < -0.4 is 5.32 Å². The molecule has 0 spiro atoms. The van der Waals surface area contributed by atoms with Crippen molar-refractivity contribution in [1.29, 1.82) is 0 Å². The van der Waals surface area contributed by atoms with Crippen molar-refractivity contribution in [1.82, 2.24) is 20.2 Å². The molecule has 1 heterocycles. The third-order valence-corrected chi connectivity index (χ3v) is 4.52. The Labute approximate surface area is 147 Å². The van der Waals surface area contributed by atoms with Gasteiger partial charge in [0.15, 0.2) is 0 Å². The maximum absolute atomic E-state index is 12.4. The van der Waals surface area contributed by atoms with Crippen LogP contribution in [0.5, 0.6) is 0 Å². The molecule has 0 saturated heterocycles. The summed E-state index contributed by atoms with van der Waals surface area (Å²) < 4.78 is 1.75. The molecule has 0 radical (unpaired) electrons. The van der Waals surface area contributed by atoms with Gasteiger partial charge in [-0.05, 0) is 40.3 Å². The fraction of sp³-hybridized carbons (Fsp3) is 0.529. The van der Waals surface area contributed by atoms with Gasteiger partial charge in [-0.15, -0.1) is 5.10 Å². The Kier molecular flexibility index (Phi) is 6.36. The monoisotopic (exact) mass is 347 g/mol. The molecule has 0 aliphatic rings. The molecule has 0 fully saturated rings. The first-order valence-electron chi connectivity index (χ1n) is 8.16. The highest BCUT2D eigenvalue weighted by Crippen LogP contribution is 2.27. The Hall–Kier alpha value is -1.89. The van der Waals surface area contributed by atoms with Gasteiger partial charge in [-0.25, -0.2) is 4.68 Å². The smallest absolute Gasteiger partial charge is 0.234 e. The summed E-state index contributed by atoms with van der Waals surface area (Å²) in [6, 6.07) is 6.09. The van der Waals surface area contributed by atoms with Gasteiger partial charge in [0.05, 0.1) is 5.75 Å². The first-order chi connectivity index (χ1) is 11.4. The Balaban J connectivity index is 2.01. The molecule has 0 saturated carbocycles. The van der Waals surface area contributed by atoms with Crippen molar-refractivity contribution < 1.29 is 4.79 Å². The predicted molar refractivity (Wildman–Crippen MR) is 97.3 cm³/mol. The summed E-state index contributed by atoms with van der Waals surface area (Å²) in [6.45, 7) is 11.2. The number of rotatable bonds is 7. The van der Waals surface area contributed by atoms with Crippen molar-refractivity contribution in [3.8, 4) is 0 Å². The van der Waals surface area contributed by atoms with E-state index in [4.69, 9.17) is 0 Å². The summed E-state index contributed by atoms with van der Waals surface area (Å²) in [4.78, 5) is 12.4. The summed E-state index contributed by atoms with van der Waals surface area (Å²) in [6.07, 6.45) is 0. The van der Waals surface area contributed by atoms with Gasteiger partial charge in [-0.2, -0.15) is 0 Å². The molecule has 6 nitrogen and oxygen atoms in total. The molecule has 0 bridgehead atoms. The van der Waals surface area contributed by atoms with Crippen LogP contribution in [0.3, 0.4) is 0 Å². The second kappa shape index (κ2) is 8.28. The van der Waals surface area contributed by atoms with Crippen molar-refractivity contribution in [3.63, 3.8) is 0 Å². The van der Waals surface area contributed by atoms with Gasteiger partial charge in [0.25, 0.3) is 0 Å². The largest absolute Gasteiger partial charge is 0.325 e. The van der Waals surface area contributed by atoms with Crippen molar-refractivity contribution in [2.75, 3.05) is 11.1 Å². The van der Waals surface area contributed by atoms with E-state index in [0.29, 0.717) is 17.0 Å². The molecule has 0 aliphatic carbocycles. The lowest BCUT2D eigenvalue weighted by atomic mass is 9.98. The van der Waals surface area contributed by atoms with Crippen LogP contribution in [-0.2, 0) is 11.3 Å². The highest BCUT2D eigenvalue weighted by molar-refractivity contribution is 7.99. The number of amides is 1. The van der Waals surface area contributed by atoms with E-state index in [1.165, 1.54) is 11.8 Å². The molecule has 0 unspecified atom stereocenters. The first-order valence-corrected chi connectivity index (χ1v) is 9.15. The maximum Gasteiger partial charge on any atom is 0.234 e. The van der Waals surface area contributed by atoms with Crippen molar-refractivity contribution in [2.24, 2.45) is 5.92 Å². The van der Waals surface area contributed by atoms with E-state index in [1.54, 1.807) is 4.68 Å². The van der Waals surface area contributed by atoms with Crippen molar-refractivity contribution in [3.05, 3.63) is 29.3 Å². The quantitative estimate of drug-likeness (QED) is 0.776. The minimum atomic E-state index is -0.0460. The van der Waals surface area contributed by atoms with Crippen LogP contribution in [0.15, 0.2) is 23.4 Å². The third-order valence-electron chi connectivity index (χ3n) is 3.56. The number of benzene rings is 1. The summed E-state index contributed by atoms with van der Waals surface area (Å²) in [5, 5.41) is 15.4. The zero-order chi connectivity index (χ0) is 17.7. The average molecular weight is 347 g/mol. The molecule has 0 atom stereocenters. The second-order valence-corrected chi connectivity index (χ2v) is 7.51. The van der Waals surface area contributed by atoms with Crippen LogP contribution in [0.25, 0.3) is 0 Å². The molecule has 0 aliphatic heterocycles. The van der Waals surface area contributed by atoms with E-state index < -0.39 is 0 Å². The SMILES string of the molecule is Cc1cccc(C(C)C)c1NC(=O)CSc1nnnn1CC(C)C. The van der Waals surface area contributed by atoms with E-state index in [-0.39, 0.29) is 11.7 Å². The van der Waals surface area contributed by atoms with Gasteiger partial charge in [-0.3, -0.25) is 4.79 Å². The van der Waals surface area contributed by atoms with E-state index in [1.807, 2.05) is 19.1 Å². The maximum atomic E-state index is 12.4. The molecular weight excluding hydrogens is 322 g/mol. The predicted octanol–water partition coefficient (Wildman–Crippen LogP) is 3.49. The minimum Gasteiger partial charge on any atom is -0.325 e. The molecule has 1 aromatic carbocycles. The van der Waals surface area contributed by atoms with Crippen LogP contribution >= 0.6 is 11.8 Å². The lowest BCUT2D eigenvalue weighted by Crippen LogP contribution is -2.17. The lowest BCUT2D eigenvalue weighted by Gasteiger charge is -2.16. The van der Waals surface area contributed by atoms with Crippen LogP contribution in [0.1, 0.15) is 44.7 Å². The lowest BCUT2D eigenvalue weighted by molar-refractivity contribution is -0.113.